The van der Waals surface area contributed by atoms with Crippen molar-refractivity contribution >= 4 is 40.5 Å². The molecular formula is C27H29Cl2N5O. The number of piperazine rings is 1. The summed E-state index contributed by atoms with van der Waals surface area (Å²) in [4.78, 5) is 25.4. The molecule has 0 aliphatic carbocycles. The van der Waals surface area contributed by atoms with Gasteiger partial charge in [0.05, 0.1) is 21.4 Å². The molecule has 0 bridgehead atoms. The van der Waals surface area contributed by atoms with E-state index in [2.05, 4.69) is 45.9 Å². The SMILES string of the molecule is C=CC(=O)Nc1cccc(CCc2nc(Cc3ccc(N4CCN(C)CC4)c(Cl)c3)ncc2Cl)c1. The number of rotatable bonds is 8. The Bertz CT molecular complexity index is 1210. The molecule has 6 nitrogen and oxygen atoms in total. The summed E-state index contributed by atoms with van der Waals surface area (Å²) in [7, 11) is 2.14. The molecular weight excluding hydrogens is 481 g/mol. The van der Waals surface area contributed by atoms with Gasteiger partial charge in [-0.1, -0.05) is 48.0 Å². The third kappa shape index (κ3) is 6.82. The molecule has 3 aromatic rings. The predicted octanol–water partition coefficient (Wildman–Crippen LogP) is 5.04. The number of halogens is 2. The molecule has 1 aromatic heterocycles. The van der Waals surface area contributed by atoms with E-state index in [0.717, 1.165) is 65.8 Å². The van der Waals surface area contributed by atoms with Gasteiger partial charge in [0.1, 0.15) is 5.82 Å². The van der Waals surface area contributed by atoms with Gasteiger partial charge in [0.25, 0.3) is 0 Å². The molecule has 1 fully saturated rings. The van der Waals surface area contributed by atoms with Crippen molar-refractivity contribution in [2.45, 2.75) is 19.3 Å². The molecule has 4 rings (SSSR count). The molecule has 0 saturated carbocycles. The Balaban J connectivity index is 1.41. The second-order valence-corrected chi connectivity index (χ2v) is 9.54. The first kappa shape index (κ1) is 25.2. The predicted molar refractivity (Wildman–Crippen MR) is 144 cm³/mol. The summed E-state index contributed by atoms with van der Waals surface area (Å²) in [5, 5.41) is 4.09. The van der Waals surface area contributed by atoms with Crippen LogP contribution in [0, 0.1) is 0 Å². The molecule has 8 heteroatoms. The molecule has 0 atom stereocenters. The summed E-state index contributed by atoms with van der Waals surface area (Å²) < 4.78 is 0. The first-order valence-electron chi connectivity index (χ1n) is 11.7. The van der Waals surface area contributed by atoms with Crippen molar-refractivity contribution in [1.29, 1.82) is 0 Å². The van der Waals surface area contributed by atoms with Crippen molar-refractivity contribution in [2.24, 2.45) is 0 Å². The molecule has 1 N–H and O–H groups in total. The summed E-state index contributed by atoms with van der Waals surface area (Å²) in [6.07, 6.45) is 4.90. The summed E-state index contributed by atoms with van der Waals surface area (Å²) in [5.41, 5.74) is 4.75. The number of aryl methyl sites for hydroxylation is 2. The third-order valence-electron chi connectivity index (χ3n) is 6.12. The van der Waals surface area contributed by atoms with Gasteiger partial charge in [0, 0.05) is 44.5 Å². The number of aromatic nitrogens is 2. The number of hydrogen-bond acceptors (Lipinski definition) is 5. The fourth-order valence-corrected chi connectivity index (χ4v) is 4.62. The van der Waals surface area contributed by atoms with E-state index < -0.39 is 0 Å². The van der Waals surface area contributed by atoms with Crippen LogP contribution >= 0.6 is 23.2 Å². The Morgan fingerprint density at radius 1 is 1.06 bits per heavy atom. The zero-order valence-corrected chi connectivity index (χ0v) is 21.3. The zero-order valence-electron chi connectivity index (χ0n) is 19.8. The van der Waals surface area contributed by atoms with E-state index in [1.807, 2.05) is 30.3 Å². The number of amides is 1. The van der Waals surface area contributed by atoms with E-state index in [0.29, 0.717) is 23.7 Å². The van der Waals surface area contributed by atoms with E-state index >= 15 is 0 Å². The first-order chi connectivity index (χ1) is 16.9. The minimum absolute atomic E-state index is 0.234. The minimum atomic E-state index is -0.234. The van der Waals surface area contributed by atoms with Gasteiger partial charge >= 0.3 is 0 Å². The number of nitrogens with one attached hydrogen (secondary N) is 1. The Kier molecular flexibility index (Phi) is 8.39. The Labute approximate surface area is 216 Å². The van der Waals surface area contributed by atoms with Crippen LogP contribution < -0.4 is 10.2 Å². The second kappa shape index (κ2) is 11.7. The van der Waals surface area contributed by atoms with Crippen LogP contribution in [-0.2, 0) is 24.1 Å². The van der Waals surface area contributed by atoms with Gasteiger partial charge in [0.2, 0.25) is 5.91 Å². The van der Waals surface area contributed by atoms with Crippen molar-refractivity contribution < 1.29 is 4.79 Å². The highest BCUT2D eigenvalue weighted by atomic mass is 35.5. The highest BCUT2D eigenvalue weighted by molar-refractivity contribution is 6.33. The highest BCUT2D eigenvalue weighted by Gasteiger charge is 2.17. The molecule has 1 saturated heterocycles. The Morgan fingerprint density at radius 2 is 1.86 bits per heavy atom. The lowest BCUT2D eigenvalue weighted by atomic mass is 10.1. The van der Waals surface area contributed by atoms with Gasteiger partial charge < -0.3 is 15.1 Å². The molecule has 35 heavy (non-hydrogen) atoms. The molecule has 182 valence electrons. The highest BCUT2D eigenvalue weighted by Crippen LogP contribution is 2.28. The number of nitrogens with zero attached hydrogens (tertiary/aromatic N) is 4. The van der Waals surface area contributed by atoms with Gasteiger partial charge in [-0.15, -0.1) is 0 Å². The van der Waals surface area contributed by atoms with E-state index in [1.165, 1.54) is 6.08 Å². The molecule has 0 radical (unpaired) electrons. The Morgan fingerprint density at radius 3 is 2.60 bits per heavy atom. The molecule has 2 heterocycles. The van der Waals surface area contributed by atoms with Crippen LogP contribution in [0.2, 0.25) is 10.0 Å². The first-order valence-corrected chi connectivity index (χ1v) is 12.4. The molecule has 2 aromatic carbocycles. The van der Waals surface area contributed by atoms with Crippen LogP contribution in [0.1, 0.15) is 22.6 Å². The lowest BCUT2D eigenvalue weighted by molar-refractivity contribution is -0.111. The van der Waals surface area contributed by atoms with Crippen molar-refractivity contribution in [1.82, 2.24) is 14.9 Å². The van der Waals surface area contributed by atoms with Crippen LogP contribution in [0.4, 0.5) is 11.4 Å². The van der Waals surface area contributed by atoms with Crippen LogP contribution in [0.25, 0.3) is 0 Å². The zero-order chi connectivity index (χ0) is 24.8. The maximum absolute atomic E-state index is 11.6. The number of likely N-dealkylation sites (N-methyl/N-ethyl adjacent to an activating group) is 1. The summed E-state index contributed by atoms with van der Waals surface area (Å²) in [5.74, 6) is 0.474. The van der Waals surface area contributed by atoms with Gasteiger partial charge in [-0.25, -0.2) is 9.97 Å². The molecule has 0 spiro atoms. The Hall–Kier alpha value is -2.93. The summed E-state index contributed by atoms with van der Waals surface area (Å²) in [6, 6.07) is 13.9. The maximum atomic E-state index is 11.6. The fourth-order valence-electron chi connectivity index (χ4n) is 4.11. The third-order valence-corrected chi connectivity index (χ3v) is 6.73. The molecule has 1 aliphatic rings. The number of carbonyl (C=O) groups is 1. The summed E-state index contributed by atoms with van der Waals surface area (Å²) >= 11 is 13.0. The van der Waals surface area contributed by atoms with E-state index in [1.54, 1.807) is 6.20 Å². The quantitative estimate of drug-likeness (QED) is 0.431. The lowest BCUT2D eigenvalue weighted by Gasteiger charge is -2.34. The largest absolute Gasteiger partial charge is 0.368 e. The monoisotopic (exact) mass is 509 g/mol. The summed E-state index contributed by atoms with van der Waals surface area (Å²) in [6.45, 7) is 7.50. The van der Waals surface area contributed by atoms with Gasteiger partial charge in [-0.05, 0) is 61.4 Å². The molecule has 0 unspecified atom stereocenters. The van der Waals surface area contributed by atoms with Crippen molar-refractivity contribution in [3.63, 3.8) is 0 Å². The van der Waals surface area contributed by atoms with Gasteiger partial charge in [0.15, 0.2) is 0 Å². The number of carbonyl (C=O) groups excluding carboxylic acids is 1. The smallest absolute Gasteiger partial charge is 0.247 e. The normalized spacial score (nSPS) is 14.1. The van der Waals surface area contributed by atoms with Crippen molar-refractivity contribution in [2.75, 3.05) is 43.4 Å². The average molecular weight is 510 g/mol. The van der Waals surface area contributed by atoms with Crippen LogP contribution in [0.5, 0.6) is 0 Å². The van der Waals surface area contributed by atoms with E-state index in [4.69, 9.17) is 28.2 Å². The average Bonchev–Trinajstić information content (AvgIpc) is 2.85. The molecule has 1 amide bonds. The van der Waals surface area contributed by atoms with Gasteiger partial charge in [-0.3, -0.25) is 4.79 Å². The van der Waals surface area contributed by atoms with E-state index in [9.17, 15) is 4.79 Å². The number of anilines is 2. The van der Waals surface area contributed by atoms with Crippen LogP contribution in [-0.4, -0.2) is 54.0 Å². The fraction of sp³-hybridized carbons (Fsp3) is 0.296. The number of hydrogen-bond donors (Lipinski definition) is 1. The van der Waals surface area contributed by atoms with E-state index in [-0.39, 0.29) is 5.91 Å². The van der Waals surface area contributed by atoms with Gasteiger partial charge in [-0.2, -0.15) is 0 Å². The molecule has 1 aliphatic heterocycles. The topological polar surface area (TPSA) is 61.4 Å². The lowest BCUT2D eigenvalue weighted by Crippen LogP contribution is -2.44. The van der Waals surface area contributed by atoms with Crippen molar-refractivity contribution in [3.8, 4) is 0 Å². The standard InChI is InChI=1S/C27H29Cl2N5O/c1-3-27(35)31-21-6-4-5-19(15-21)7-9-24-23(29)18-30-26(32-24)17-20-8-10-25(22(28)16-20)34-13-11-33(2)12-14-34/h3-6,8,10,15-16,18H,1,7,9,11-14,17H2,2H3,(H,31,35). The minimum Gasteiger partial charge on any atom is -0.368 e. The number of benzene rings is 2. The maximum Gasteiger partial charge on any atom is 0.247 e. The van der Waals surface area contributed by atoms with Crippen LogP contribution in [0.15, 0.2) is 61.3 Å². The second-order valence-electron chi connectivity index (χ2n) is 8.73. The van der Waals surface area contributed by atoms with Crippen LogP contribution in [0.3, 0.4) is 0 Å². The van der Waals surface area contributed by atoms with Crippen molar-refractivity contribution in [3.05, 3.63) is 94.0 Å².